The maximum absolute atomic E-state index is 12.0. The van der Waals surface area contributed by atoms with Gasteiger partial charge >= 0.3 is 6.36 Å². The Morgan fingerprint density at radius 2 is 1.62 bits per heavy atom. The highest BCUT2D eigenvalue weighted by molar-refractivity contribution is 7.89. The molecule has 0 bridgehead atoms. The Balaban J connectivity index is 2.02. The van der Waals surface area contributed by atoms with Gasteiger partial charge in [-0.05, 0) is 48.9 Å². The number of aryl methyl sites for hydroxylation is 1. The summed E-state index contributed by atoms with van der Waals surface area (Å²) in [4.78, 5) is 2.08. The first-order chi connectivity index (χ1) is 11.2. The maximum Gasteiger partial charge on any atom is 0.573 e. The summed E-state index contributed by atoms with van der Waals surface area (Å²) in [6.07, 6.45) is -3.59. The van der Waals surface area contributed by atoms with Gasteiger partial charge in [0.25, 0.3) is 10.0 Å². The van der Waals surface area contributed by atoms with Crippen LogP contribution in [0.15, 0.2) is 58.5 Å². The van der Waals surface area contributed by atoms with Gasteiger partial charge in [0, 0.05) is 0 Å². The van der Waals surface area contributed by atoms with Crippen LogP contribution in [0.4, 0.5) is 13.2 Å². The van der Waals surface area contributed by atoms with Crippen molar-refractivity contribution in [2.24, 2.45) is 5.10 Å². The van der Waals surface area contributed by atoms with E-state index in [-0.39, 0.29) is 10.6 Å². The molecular weight excluding hydrogens is 345 g/mol. The molecule has 5 nitrogen and oxygen atoms in total. The van der Waals surface area contributed by atoms with E-state index >= 15 is 0 Å². The molecule has 2 aromatic carbocycles. The summed E-state index contributed by atoms with van der Waals surface area (Å²) in [5.74, 6) is -0.375. The first-order valence-electron chi connectivity index (χ1n) is 6.63. The van der Waals surface area contributed by atoms with Crippen LogP contribution in [0.3, 0.4) is 0 Å². The average Bonchev–Trinajstić information content (AvgIpc) is 2.48. The molecule has 0 aromatic heterocycles. The average molecular weight is 358 g/mol. The lowest BCUT2D eigenvalue weighted by molar-refractivity contribution is -0.274. The number of nitrogens with zero attached hydrogens (tertiary/aromatic N) is 1. The van der Waals surface area contributed by atoms with Crippen LogP contribution in [0.2, 0.25) is 0 Å². The first kappa shape index (κ1) is 17.8. The number of hydrazone groups is 1. The van der Waals surface area contributed by atoms with Crippen molar-refractivity contribution < 1.29 is 26.3 Å². The molecule has 0 aliphatic carbocycles. The van der Waals surface area contributed by atoms with Gasteiger partial charge in [0.1, 0.15) is 5.75 Å². The van der Waals surface area contributed by atoms with Gasteiger partial charge in [-0.15, -0.1) is 13.2 Å². The van der Waals surface area contributed by atoms with Crippen LogP contribution >= 0.6 is 0 Å². The lowest BCUT2D eigenvalue weighted by Gasteiger charge is -2.08. The minimum absolute atomic E-state index is 0.0548. The highest BCUT2D eigenvalue weighted by Crippen LogP contribution is 2.22. The first-order valence-corrected chi connectivity index (χ1v) is 8.11. The zero-order valence-corrected chi connectivity index (χ0v) is 13.2. The molecular formula is C15H13F3N2O3S. The zero-order chi connectivity index (χ0) is 17.8. The fourth-order valence-corrected chi connectivity index (χ4v) is 2.49. The summed E-state index contributed by atoms with van der Waals surface area (Å²) in [6.45, 7) is 1.83. The Morgan fingerprint density at radius 1 is 1.04 bits per heavy atom. The molecule has 0 heterocycles. The van der Waals surface area contributed by atoms with Crippen molar-refractivity contribution in [2.75, 3.05) is 0 Å². The summed E-state index contributed by atoms with van der Waals surface area (Å²) < 4.78 is 63.8. The molecule has 0 saturated heterocycles. The molecule has 2 aromatic rings. The van der Waals surface area contributed by atoms with Gasteiger partial charge in [-0.1, -0.05) is 17.7 Å². The van der Waals surface area contributed by atoms with E-state index in [4.69, 9.17) is 0 Å². The van der Waals surface area contributed by atoms with Crippen molar-refractivity contribution in [3.8, 4) is 5.75 Å². The van der Waals surface area contributed by atoms with Crippen LogP contribution in [-0.4, -0.2) is 21.0 Å². The van der Waals surface area contributed by atoms with Gasteiger partial charge in [0.2, 0.25) is 0 Å². The Labute approximate surface area is 136 Å². The van der Waals surface area contributed by atoms with Gasteiger partial charge in [-0.3, -0.25) is 0 Å². The normalized spacial score (nSPS) is 12.3. The second-order valence-electron chi connectivity index (χ2n) is 4.78. The molecule has 24 heavy (non-hydrogen) atoms. The molecule has 0 amide bonds. The van der Waals surface area contributed by atoms with Crippen molar-refractivity contribution in [3.05, 3.63) is 59.7 Å². The number of alkyl halides is 3. The number of hydrogen-bond donors (Lipinski definition) is 1. The molecule has 0 unspecified atom stereocenters. The predicted molar refractivity (Wildman–Crippen MR) is 82.2 cm³/mol. The van der Waals surface area contributed by atoms with Crippen LogP contribution in [0.25, 0.3) is 0 Å². The van der Waals surface area contributed by atoms with Crippen molar-refractivity contribution in [3.63, 3.8) is 0 Å². The summed E-state index contributed by atoms with van der Waals surface area (Å²) in [6, 6.07) is 11.0. The van der Waals surface area contributed by atoms with E-state index in [0.29, 0.717) is 5.56 Å². The quantitative estimate of drug-likeness (QED) is 0.659. The number of benzene rings is 2. The van der Waals surface area contributed by atoms with Crippen molar-refractivity contribution in [2.45, 2.75) is 18.2 Å². The largest absolute Gasteiger partial charge is 0.573 e. The predicted octanol–water partition coefficient (Wildman–Crippen LogP) is 3.21. The molecule has 2 rings (SSSR count). The smallest absolute Gasteiger partial charge is 0.406 e. The van der Waals surface area contributed by atoms with Crippen molar-refractivity contribution >= 4 is 16.2 Å². The number of ether oxygens (including phenoxy) is 1. The second kappa shape index (κ2) is 6.91. The van der Waals surface area contributed by atoms with E-state index in [1.165, 1.54) is 30.5 Å². The third kappa shape index (κ3) is 5.27. The van der Waals surface area contributed by atoms with Crippen LogP contribution < -0.4 is 9.57 Å². The lowest BCUT2D eigenvalue weighted by atomic mass is 10.2. The topological polar surface area (TPSA) is 67.8 Å². The van der Waals surface area contributed by atoms with Gasteiger partial charge < -0.3 is 4.74 Å². The standard InChI is InChI=1S/C15H13F3N2O3S/c1-11-2-8-14(9-3-11)24(21,22)20-19-10-12-4-6-13(7-5-12)23-15(16,17)18/h2-10,20H,1H3. The number of sulfonamides is 1. The van der Waals surface area contributed by atoms with Crippen LogP contribution in [-0.2, 0) is 10.0 Å². The number of nitrogens with one attached hydrogen (secondary N) is 1. The summed E-state index contributed by atoms with van der Waals surface area (Å²) in [5, 5.41) is 3.59. The molecule has 0 aliphatic heterocycles. The van der Waals surface area contributed by atoms with Gasteiger partial charge in [-0.2, -0.15) is 13.5 Å². The van der Waals surface area contributed by atoms with Crippen molar-refractivity contribution in [1.82, 2.24) is 4.83 Å². The summed E-state index contributed by atoms with van der Waals surface area (Å²) in [5.41, 5.74) is 1.31. The van der Waals surface area contributed by atoms with Crippen molar-refractivity contribution in [1.29, 1.82) is 0 Å². The minimum atomic E-state index is -4.76. The monoisotopic (exact) mass is 358 g/mol. The van der Waals surface area contributed by atoms with E-state index < -0.39 is 16.4 Å². The zero-order valence-electron chi connectivity index (χ0n) is 12.4. The molecule has 0 aliphatic rings. The Hall–Kier alpha value is -2.55. The van der Waals surface area contributed by atoms with Gasteiger partial charge in [0.15, 0.2) is 0 Å². The van der Waals surface area contributed by atoms with E-state index in [0.717, 1.165) is 17.7 Å². The van der Waals surface area contributed by atoms with Crippen LogP contribution in [0.1, 0.15) is 11.1 Å². The van der Waals surface area contributed by atoms with Gasteiger partial charge in [0.05, 0.1) is 11.1 Å². The minimum Gasteiger partial charge on any atom is -0.406 e. The van der Waals surface area contributed by atoms with Gasteiger partial charge in [-0.25, -0.2) is 4.83 Å². The summed E-state index contributed by atoms with van der Waals surface area (Å²) in [7, 11) is -3.80. The molecule has 0 saturated carbocycles. The Morgan fingerprint density at radius 3 is 2.17 bits per heavy atom. The van der Waals surface area contributed by atoms with Crippen LogP contribution in [0, 0.1) is 6.92 Å². The SMILES string of the molecule is Cc1ccc(S(=O)(=O)NN=Cc2ccc(OC(F)(F)F)cc2)cc1. The lowest BCUT2D eigenvalue weighted by Crippen LogP contribution is -2.18. The molecule has 0 atom stereocenters. The third-order valence-electron chi connectivity index (χ3n) is 2.83. The van der Waals surface area contributed by atoms with E-state index in [2.05, 4.69) is 9.84 Å². The fraction of sp³-hybridized carbons (Fsp3) is 0.133. The maximum atomic E-state index is 12.0. The molecule has 0 radical (unpaired) electrons. The Bertz CT molecular complexity index is 815. The molecule has 0 fully saturated rings. The molecule has 1 N–H and O–H groups in total. The van der Waals surface area contributed by atoms with E-state index in [9.17, 15) is 21.6 Å². The van der Waals surface area contributed by atoms with E-state index in [1.807, 2.05) is 11.8 Å². The summed E-state index contributed by atoms with van der Waals surface area (Å²) >= 11 is 0. The number of hydrogen-bond acceptors (Lipinski definition) is 4. The fourth-order valence-electron chi connectivity index (χ4n) is 1.70. The highest BCUT2D eigenvalue weighted by Gasteiger charge is 2.30. The van der Waals surface area contributed by atoms with Crippen LogP contribution in [0.5, 0.6) is 5.75 Å². The molecule has 0 spiro atoms. The molecule has 128 valence electrons. The van der Waals surface area contributed by atoms with E-state index in [1.54, 1.807) is 12.1 Å². The Kier molecular flexibility index (Phi) is 5.13. The highest BCUT2D eigenvalue weighted by atomic mass is 32.2. The number of halogens is 3. The number of rotatable bonds is 5. The third-order valence-corrected chi connectivity index (χ3v) is 4.07. The second-order valence-corrected chi connectivity index (χ2v) is 6.44. The molecule has 9 heteroatoms.